The van der Waals surface area contributed by atoms with E-state index in [1.54, 1.807) is 54.6 Å². The van der Waals surface area contributed by atoms with E-state index >= 15 is 0 Å². The Morgan fingerprint density at radius 3 is 2.21 bits per heavy atom. The molecule has 3 rings (SSSR count). The SMILES string of the molecule is COc1ccc(OC)c(N(CC(=O)Nc2ccccc2C(C)=O)S(=O)(=O)c2ccccc2)c1. The Morgan fingerprint density at radius 2 is 1.58 bits per heavy atom. The Bertz CT molecular complexity index is 1260. The van der Waals surface area contributed by atoms with Crippen molar-refractivity contribution in [2.75, 3.05) is 30.4 Å². The Morgan fingerprint density at radius 1 is 0.909 bits per heavy atom. The average molecular weight is 469 g/mol. The fourth-order valence-electron chi connectivity index (χ4n) is 3.23. The lowest BCUT2D eigenvalue weighted by Crippen LogP contribution is -2.38. The second kappa shape index (κ2) is 10.2. The molecular weight excluding hydrogens is 444 g/mol. The third kappa shape index (κ3) is 5.32. The van der Waals surface area contributed by atoms with Crippen LogP contribution in [0.3, 0.4) is 0 Å². The molecule has 9 heteroatoms. The zero-order valence-corrected chi connectivity index (χ0v) is 19.3. The fourth-order valence-corrected chi connectivity index (χ4v) is 4.67. The molecule has 0 radical (unpaired) electrons. The fraction of sp³-hybridized carbons (Fsp3) is 0.167. The second-order valence-corrected chi connectivity index (χ2v) is 8.87. The van der Waals surface area contributed by atoms with Crippen molar-refractivity contribution in [3.05, 3.63) is 78.4 Å². The zero-order chi connectivity index (χ0) is 24.0. The number of carbonyl (C=O) groups excluding carboxylic acids is 2. The van der Waals surface area contributed by atoms with Gasteiger partial charge >= 0.3 is 0 Å². The molecule has 0 saturated carbocycles. The van der Waals surface area contributed by atoms with E-state index in [4.69, 9.17) is 9.47 Å². The number of nitrogens with zero attached hydrogens (tertiary/aromatic N) is 1. The lowest BCUT2D eigenvalue weighted by atomic mass is 10.1. The molecule has 3 aromatic carbocycles. The van der Waals surface area contributed by atoms with E-state index in [9.17, 15) is 18.0 Å². The number of ketones is 1. The number of benzene rings is 3. The standard InChI is InChI=1S/C24H24N2O6S/c1-17(27)20-11-7-8-12-21(20)25-24(28)16-26(33(29,30)19-9-5-4-6-10-19)22-15-18(31-2)13-14-23(22)32-3/h4-15H,16H2,1-3H3,(H,25,28). The summed E-state index contributed by atoms with van der Waals surface area (Å²) in [5.41, 5.74) is 0.752. The lowest BCUT2D eigenvalue weighted by molar-refractivity contribution is -0.114. The molecule has 0 heterocycles. The van der Waals surface area contributed by atoms with Gasteiger partial charge in [-0.05, 0) is 43.3 Å². The molecule has 1 amide bonds. The highest BCUT2D eigenvalue weighted by atomic mass is 32.2. The van der Waals surface area contributed by atoms with Crippen LogP contribution in [0.25, 0.3) is 0 Å². The minimum absolute atomic E-state index is 0.00630. The summed E-state index contributed by atoms with van der Waals surface area (Å²) in [7, 11) is -1.30. The molecule has 3 aromatic rings. The predicted molar refractivity (Wildman–Crippen MR) is 126 cm³/mol. The molecule has 0 aromatic heterocycles. The molecule has 0 aliphatic carbocycles. The third-order valence-electron chi connectivity index (χ3n) is 4.85. The Balaban J connectivity index is 2.06. The summed E-state index contributed by atoms with van der Waals surface area (Å²) in [5, 5.41) is 2.64. The maximum absolute atomic E-state index is 13.6. The molecule has 0 spiro atoms. The first-order chi connectivity index (χ1) is 15.8. The smallest absolute Gasteiger partial charge is 0.264 e. The van der Waals surface area contributed by atoms with Crippen LogP contribution in [0.15, 0.2) is 77.7 Å². The van der Waals surface area contributed by atoms with Crippen molar-refractivity contribution in [2.45, 2.75) is 11.8 Å². The van der Waals surface area contributed by atoms with Crippen molar-refractivity contribution in [3.8, 4) is 11.5 Å². The minimum Gasteiger partial charge on any atom is -0.497 e. The van der Waals surface area contributed by atoms with Gasteiger partial charge < -0.3 is 14.8 Å². The molecule has 172 valence electrons. The van der Waals surface area contributed by atoms with Crippen LogP contribution in [0.4, 0.5) is 11.4 Å². The van der Waals surface area contributed by atoms with Crippen molar-refractivity contribution in [1.29, 1.82) is 0 Å². The number of hydrogen-bond acceptors (Lipinski definition) is 6. The van der Waals surface area contributed by atoms with Crippen LogP contribution in [0.1, 0.15) is 17.3 Å². The zero-order valence-electron chi connectivity index (χ0n) is 18.4. The van der Waals surface area contributed by atoms with Gasteiger partial charge in [0.1, 0.15) is 18.0 Å². The van der Waals surface area contributed by atoms with Gasteiger partial charge in [0.25, 0.3) is 10.0 Å². The maximum atomic E-state index is 13.6. The van der Waals surface area contributed by atoms with E-state index < -0.39 is 22.5 Å². The van der Waals surface area contributed by atoms with Crippen LogP contribution in [0.5, 0.6) is 11.5 Å². The summed E-state index contributed by atoms with van der Waals surface area (Å²) in [6, 6.07) is 19.0. The molecule has 0 atom stereocenters. The van der Waals surface area contributed by atoms with Crippen molar-refractivity contribution >= 4 is 33.1 Å². The number of nitrogens with one attached hydrogen (secondary N) is 1. The number of anilines is 2. The largest absolute Gasteiger partial charge is 0.497 e. The average Bonchev–Trinajstić information content (AvgIpc) is 2.82. The number of ether oxygens (including phenoxy) is 2. The van der Waals surface area contributed by atoms with Gasteiger partial charge in [0.05, 0.1) is 30.5 Å². The highest BCUT2D eigenvalue weighted by Gasteiger charge is 2.30. The Labute approximate surface area is 192 Å². The van der Waals surface area contributed by atoms with Gasteiger partial charge in [-0.1, -0.05) is 30.3 Å². The number of sulfonamides is 1. The third-order valence-corrected chi connectivity index (χ3v) is 6.63. The number of hydrogen-bond donors (Lipinski definition) is 1. The second-order valence-electron chi connectivity index (χ2n) is 7.01. The quantitative estimate of drug-likeness (QED) is 0.480. The topological polar surface area (TPSA) is 102 Å². The van der Waals surface area contributed by atoms with E-state index in [0.29, 0.717) is 17.0 Å². The number of Topliss-reactive ketones (excluding diaryl/α,β-unsaturated/α-hetero) is 1. The molecule has 1 N–H and O–H groups in total. The summed E-state index contributed by atoms with van der Waals surface area (Å²) in [6.45, 7) is 0.825. The monoisotopic (exact) mass is 468 g/mol. The molecular formula is C24H24N2O6S. The molecule has 33 heavy (non-hydrogen) atoms. The van der Waals surface area contributed by atoms with Crippen LogP contribution in [0.2, 0.25) is 0 Å². The lowest BCUT2D eigenvalue weighted by Gasteiger charge is -2.26. The molecule has 0 saturated heterocycles. The summed E-state index contributed by atoms with van der Waals surface area (Å²) < 4.78 is 38.7. The van der Waals surface area contributed by atoms with Crippen LogP contribution >= 0.6 is 0 Å². The summed E-state index contributed by atoms with van der Waals surface area (Å²) in [4.78, 5) is 24.9. The van der Waals surface area contributed by atoms with Crippen LogP contribution in [-0.4, -0.2) is 40.9 Å². The minimum atomic E-state index is -4.16. The Hall–Kier alpha value is -3.85. The van der Waals surface area contributed by atoms with Gasteiger partial charge in [-0.15, -0.1) is 0 Å². The molecule has 0 fully saturated rings. The van der Waals surface area contributed by atoms with Gasteiger partial charge in [0.2, 0.25) is 5.91 Å². The van der Waals surface area contributed by atoms with Crippen LogP contribution in [0, 0.1) is 0 Å². The van der Waals surface area contributed by atoms with E-state index in [1.165, 1.54) is 39.3 Å². The normalized spacial score (nSPS) is 10.9. The van der Waals surface area contributed by atoms with E-state index in [2.05, 4.69) is 5.32 Å². The highest BCUT2D eigenvalue weighted by Crippen LogP contribution is 2.35. The number of rotatable bonds is 9. The molecule has 0 bridgehead atoms. The summed E-state index contributed by atoms with van der Waals surface area (Å²) >= 11 is 0. The molecule has 8 nitrogen and oxygen atoms in total. The maximum Gasteiger partial charge on any atom is 0.264 e. The van der Waals surface area contributed by atoms with Crippen molar-refractivity contribution in [1.82, 2.24) is 0 Å². The van der Waals surface area contributed by atoms with Crippen LogP contribution in [-0.2, 0) is 14.8 Å². The number of para-hydroxylation sites is 1. The van der Waals surface area contributed by atoms with Crippen molar-refractivity contribution in [2.24, 2.45) is 0 Å². The molecule has 0 aliphatic rings. The number of carbonyl (C=O) groups is 2. The molecule has 0 unspecified atom stereocenters. The summed E-state index contributed by atoms with van der Waals surface area (Å²) in [5.74, 6) is -0.226. The van der Waals surface area contributed by atoms with Crippen molar-refractivity contribution < 1.29 is 27.5 Å². The van der Waals surface area contributed by atoms with Gasteiger partial charge in [-0.25, -0.2) is 8.42 Å². The predicted octanol–water partition coefficient (Wildman–Crippen LogP) is 3.74. The van der Waals surface area contributed by atoms with E-state index in [-0.39, 0.29) is 22.1 Å². The van der Waals surface area contributed by atoms with Gasteiger partial charge in [-0.2, -0.15) is 0 Å². The number of methoxy groups -OCH3 is 2. The van der Waals surface area contributed by atoms with Gasteiger partial charge in [-0.3, -0.25) is 13.9 Å². The molecule has 0 aliphatic heterocycles. The van der Waals surface area contributed by atoms with Gasteiger partial charge in [0, 0.05) is 11.6 Å². The summed E-state index contributed by atoms with van der Waals surface area (Å²) in [6.07, 6.45) is 0. The van der Waals surface area contributed by atoms with E-state index in [1.807, 2.05) is 0 Å². The van der Waals surface area contributed by atoms with Crippen molar-refractivity contribution in [3.63, 3.8) is 0 Å². The first-order valence-electron chi connectivity index (χ1n) is 9.97. The van der Waals surface area contributed by atoms with Crippen LogP contribution < -0.4 is 19.1 Å². The first-order valence-corrected chi connectivity index (χ1v) is 11.4. The Kier molecular flexibility index (Phi) is 7.34. The van der Waals surface area contributed by atoms with E-state index in [0.717, 1.165) is 4.31 Å². The number of amides is 1. The highest BCUT2D eigenvalue weighted by molar-refractivity contribution is 7.92. The van der Waals surface area contributed by atoms with Gasteiger partial charge in [0.15, 0.2) is 5.78 Å². The first kappa shape index (κ1) is 23.8.